The van der Waals surface area contributed by atoms with Crippen molar-refractivity contribution in [3.05, 3.63) is 40.3 Å². The summed E-state index contributed by atoms with van der Waals surface area (Å²) in [5.41, 5.74) is 3.01. The summed E-state index contributed by atoms with van der Waals surface area (Å²) >= 11 is 12.4. The summed E-state index contributed by atoms with van der Waals surface area (Å²) in [6.07, 6.45) is 2.22. The van der Waals surface area contributed by atoms with E-state index in [4.69, 9.17) is 28.3 Å². The Bertz CT molecular complexity index is 968. The lowest BCUT2D eigenvalue weighted by molar-refractivity contribution is -0.121. The van der Waals surface area contributed by atoms with Crippen LogP contribution in [0.15, 0.2) is 24.5 Å². The number of benzene rings is 1. The van der Waals surface area contributed by atoms with Crippen LogP contribution < -0.4 is 5.32 Å². The second-order valence-electron chi connectivity index (χ2n) is 5.66. The molecule has 0 saturated carbocycles. The Morgan fingerprint density at radius 2 is 2.12 bits per heavy atom. The van der Waals surface area contributed by atoms with Gasteiger partial charge in [-0.1, -0.05) is 29.3 Å². The van der Waals surface area contributed by atoms with Gasteiger partial charge in [0.2, 0.25) is 5.91 Å². The molecule has 0 aliphatic rings. The zero-order valence-corrected chi connectivity index (χ0v) is 15.1. The lowest BCUT2D eigenvalue weighted by Gasteiger charge is -2.12. The number of H-pyrrole nitrogens is 2. The van der Waals surface area contributed by atoms with Crippen molar-refractivity contribution in [1.82, 2.24) is 25.4 Å². The SMILES string of the molecule is CN(CC(=O)NCc1[nH]c2c(Cl)c(Cl)ccc2c1-c1cn[nH]c1)C(=O)O. The zero-order chi connectivity index (χ0) is 18.8. The first kappa shape index (κ1) is 18.1. The van der Waals surface area contributed by atoms with Gasteiger partial charge in [0.1, 0.15) is 6.54 Å². The maximum absolute atomic E-state index is 12.0. The number of fused-ring (bicyclic) bond motifs is 1. The van der Waals surface area contributed by atoms with Crippen LogP contribution >= 0.6 is 23.2 Å². The van der Waals surface area contributed by atoms with Gasteiger partial charge in [0, 0.05) is 35.5 Å². The monoisotopic (exact) mass is 395 g/mol. The highest BCUT2D eigenvalue weighted by Gasteiger charge is 2.18. The Hall–Kier alpha value is -2.71. The van der Waals surface area contributed by atoms with Gasteiger partial charge in [-0.2, -0.15) is 5.10 Å². The van der Waals surface area contributed by atoms with E-state index in [0.717, 1.165) is 21.4 Å². The van der Waals surface area contributed by atoms with Crippen molar-refractivity contribution in [2.45, 2.75) is 6.54 Å². The van der Waals surface area contributed by atoms with Crippen LogP contribution in [0.3, 0.4) is 0 Å². The molecular weight excluding hydrogens is 381 g/mol. The van der Waals surface area contributed by atoms with E-state index in [1.165, 1.54) is 7.05 Å². The fraction of sp³-hybridized carbons (Fsp3) is 0.188. The van der Waals surface area contributed by atoms with Crippen LogP contribution in [-0.2, 0) is 11.3 Å². The first-order valence-electron chi connectivity index (χ1n) is 7.57. The molecule has 0 atom stereocenters. The molecule has 10 heteroatoms. The molecule has 4 N–H and O–H groups in total. The number of aromatic nitrogens is 3. The second-order valence-corrected chi connectivity index (χ2v) is 6.45. The highest BCUT2D eigenvalue weighted by molar-refractivity contribution is 6.45. The summed E-state index contributed by atoms with van der Waals surface area (Å²) in [4.78, 5) is 26.9. The Morgan fingerprint density at radius 3 is 2.77 bits per heavy atom. The highest BCUT2D eigenvalue weighted by Crippen LogP contribution is 2.38. The smallest absolute Gasteiger partial charge is 0.407 e. The van der Waals surface area contributed by atoms with E-state index in [2.05, 4.69) is 20.5 Å². The largest absolute Gasteiger partial charge is 0.465 e. The van der Waals surface area contributed by atoms with Crippen molar-refractivity contribution < 1.29 is 14.7 Å². The molecule has 2 heterocycles. The van der Waals surface area contributed by atoms with Gasteiger partial charge in [0.05, 0.1) is 28.3 Å². The van der Waals surface area contributed by atoms with Crippen LogP contribution in [0.1, 0.15) is 5.69 Å². The molecule has 3 rings (SSSR count). The number of rotatable bonds is 5. The number of likely N-dealkylation sites (N-methyl/N-ethyl adjacent to an activating group) is 1. The van der Waals surface area contributed by atoms with Crippen LogP contribution in [0.5, 0.6) is 0 Å². The van der Waals surface area contributed by atoms with E-state index in [-0.39, 0.29) is 13.1 Å². The number of hydrogen-bond acceptors (Lipinski definition) is 3. The minimum Gasteiger partial charge on any atom is -0.465 e. The minimum atomic E-state index is -1.17. The molecule has 0 radical (unpaired) electrons. The molecule has 1 aromatic carbocycles. The fourth-order valence-electron chi connectivity index (χ4n) is 2.63. The lowest BCUT2D eigenvalue weighted by Crippen LogP contribution is -2.37. The topological polar surface area (TPSA) is 114 Å². The summed E-state index contributed by atoms with van der Waals surface area (Å²) in [6, 6.07) is 3.54. The molecule has 136 valence electrons. The van der Waals surface area contributed by atoms with E-state index in [1.807, 2.05) is 6.07 Å². The number of aromatic amines is 2. The number of carbonyl (C=O) groups is 2. The van der Waals surface area contributed by atoms with Crippen molar-refractivity contribution >= 4 is 46.1 Å². The zero-order valence-electron chi connectivity index (χ0n) is 13.6. The average Bonchev–Trinajstić information content (AvgIpc) is 3.23. The van der Waals surface area contributed by atoms with E-state index >= 15 is 0 Å². The Labute approximate surface area is 158 Å². The van der Waals surface area contributed by atoms with Gasteiger partial charge < -0.3 is 20.3 Å². The van der Waals surface area contributed by atoms with Gasteiger partial charge in [-0.15, -0.1) is 0 Å². The molecule has 0 fully saturated rings. The van der Waals surface area contributed by atoms with Gasteiger partial charge >= 0.3 is 6.09 Å². The van der Waals surface area contributed by atoms with E-state index in [9.17, 15) is 9.59 Å². The van der Waals surface area contributed by atoms with Gasteiger partial charge in [0.15, 0.2) is 0 Å². The molecule has 26 heavy (non-hydrogen) atoms. The van der Waals surface area contributed by atoms with Crippen molar-refractivity contribution in [3.63, 3.8) is 0 Å². The summed E-state index contributed by atoms with van der Waals surface area (Å²) in [6.45, 7) is -0.0986. The third-order valence-electron chi connectivity index (χ3n) is 3.90. The molecule has 8 nitrogen and oxygen atoms in total. The van der Waals surface area contributed by atoms with Gasteiger partial charge in [-0.05, 0) is 6.07 Å². The van der Waals surface area contributed by atoms with Crippen LogP contribution in [0.4, 0.5) is 4.79 Å². The third-order valence-corrected chi connectivity index (χ3v) is 4.70. The van der Waals surface area contributed by atoms with Crippen molar-refractivity contribution in [3.8, 4) is 11.1 Å². The number of hydrogen-bond donors (Lipinski definition) is 4. The van der Waals surface area contributed by atoms with Gasteiger partial charge in [-0.25, -0.2) is 4.79 Å². The predicted octanol–water partition coefficient (Wildman–Crippen LogP) is 3.09. The Balaban J connectivity index is 1.93. The molecule has 0 spiro atoms. The highest BCUT2D eigenvalue weighted by atomic mass is 35.5. The van der Waals surface area contributed by atoms with E-state index < -0.39 is 12.0 Å². The normalized spacial score (nSPS) is 10.9. The number of amides is 2. The summed E-state index contributed by atoms with van der Waals surface area (Å²) < 4.78 is 0. The summed E-state index contributed by atoms with van der Waals surface area (Å²) in [5.74, 6) is -0.421. The molecule has 2 amide bonds. The quantitative estimate of drug-likeness (QED) is 0.531. The molecule has 0 saturated heterocycles. The van der Waals surface area contributed by atoms with Crippen LogP contribution in [0, 0.1) is 0 Å². The number of halogens is 2. The van der Waals surface area contributed by atoms with Crippen LogP contribution in [0.25, 0.3) is 22.0 Å². The van der Waals surface area contributed by atoms with Crippen molar-refractivity contribution in [2.75, 3.05) is 13.6 Å². The van der Waals surface area contributed by atoms with Crippen molar-refractivity contribution in [1.29, 1.82) is 0 Å². The molecule has 3 aromatic rings. The van der Waals surface area contributed by atoms with Crippen molar-refractivity contribution in [2.24, 2.45) is 0 Å². The van der Waals surface area contributed by atoms with E-state index in [0.29, 0.717) is 21.3 Å². The Kier molecular flexibility index (Phi) is 5.06. The first-order chi connectivity index (χ1) is 12.4. The maximum Gasteiger partial charge on any atom is 0.407 e. The Morgan fingerprint density at radius 1 is 1.35 bits per heavy atom. The molecule has 0 aliphatic carbocycles. The standard InChI is InChI=1S/C16H15Cl2N5O3/c1-23(16(25)26)7-12(24)19-6-11-13(8-4-20-21-5-8)9-2-3-10(17)14(18)15(9)22-11/h2-5,22H,6-7H2,1H3,(H,19,24)(H,20,21)(H,25,26). The second kappa shape index (κ2) is 7.27. The molecule has 0 bridgehead atoms. The molecular formula is C16H15Cl2N5O3. The van der Waals surface area contributed by atoms with Crippen LogP contribution in [0.2, 0.25) is 10.0 Å². The summed E-state index contributed by atoms with van der Waals surface area (Å²) in [5, 5.41) is 19.9. The predicted molar refractivity (Wildman–Crippen MR) is 98.4 cm³/mol. The average molecular weight is 396 g/mol. The van der Waals surface area contributed by atoms with Crippen LogP contribution in [-0.4, -0.2) is 50.8 Å². The van der Waals surface area contributed by atoms with E-state index in [1.54, 1.807) is 18.5 Å². The number of carboxylic acid groups (broad SMARTS) is 1. The maximum atomic E-state index is 12.0. The molecule has 2 aromatic heterocycles. The molecule has 0 aliphatic heterocycles. The van der Waals surface area contributed by atoms with Gasteiger partial charge in [0.25, 0.3) is 0 Å². The number of carbonyl (C=O) groups excluding carboxylic acids is 1. The van der Waals surface area contributed by atoms with Gasteiger partial charge in [-0.3, -0.25) is 9.89 Å². The lowest BCUT2D eigenvalue weighted by atomic mass is 10.1. The molecule has 0 unspecified atom stereocenters. The fourth-order valence-corrected chi connectivity index (χ4v) is 3.00. The number of nitrogens with zero attached hydrogens (tertiary/aromatic N) is 2. The minimum absolute atomic E-state index is 0.162. The number of nitrogens with one attached hydrogen (secondary N) is 3. The first-order valence-corrected chi connectivity index (χ1v) is 8.32. The third kappa shape index (κ3) is 3.47. The summed E-state index contributed by atoms with van der Waals surface area (Å²) in [7, 11) is 1.32.